The topological polar surface area (TPSA) is 89.4 Å². The third kappa shape index (κ3) is 5.11. The van der Waals surface area contributed by atoms with Gasteiger partial charge in [-0.3, -0.25) is 9.59 Å². The molecule has 1 aliphatic carbocycles. The highest BCUT2D eigenvalue weighted by Gasteiger charge is 2.44. The van der Waals surface area contributed by atoms with Gasteiger partial charge in [0.2, 0.25) is 0 Å². The van der Waals surface area contributed by atoms with Gasteiger partial charge in [-0.1, -0.05) is 0 Å². The molecule has 7 nitrogen and oxygen atoms in total. The van der Waals surface area contributed by atoms with E-state index in [2.05, 4.69) is 10.6 Å². The number of aryl methyl sites for hydroxylation is 1. The van der Waals surface area contributed by atoms with Gasteiger partial charge >= 0.3 is 6.09 Å². The highest BCUT2D eigenvalue weighted by Crippen LogP contribution is 2.38. The van der Waals surface area contributed by atoms with Crippen molar-refractivity contribution in [3.63, 3.8) is 0 Å². The summed E-state index contributed by atoms with van der Waals surface area (Å²) in [5.74, 6) is -0.291. The second-order valence-electron chi connectivity index (χ2n) is 7.28. The molecule has 7 heteroatoms. The van der Waals surface area contributed by atoms with Crippen LogP contribution in [0.25, 0.3) is 0 Å². The number of hydrogen-bond donors (Lipinski definition) is 2. The van der Waals surface area contributed by atoms with Gasteiger partial charge in [0.25, 0.3) is 11.5 Å². The normalized spacial score (nSPS) is 15.5. The Bertz CT molecular complexity index is 684. The summed E-state index contributed by atoms with van der Waals surface area (Å²) < 4.78 is 6.66. The van der Waals surface area contributed by atoms with Gasteiger partial charge in [-0.25, -0.2) is 4.79 Å². The lowest BCUT2D eigenvalue weighted by molar-refractivity contribution is 0.0494. The lowest BCUT2D eigenvalue weighted by Gasteiger charge is -2.23. The predicted octanol–water partition coefficient (Wildman–Crippen LogP) is 1.56. The molecular formula is C17H25N3O4. The number of aromatic nitrogens is 1. The van der Waals surface area contributed by atoms with E-state index < -0.39 is 11.7 Å². The van der Waals surface area contributed by atoms with E-state index in [4.69, 9.17) is 4.74 Å². The van der Waals surface area contributed by atoms with Crippen molar-refractivity contribution in [2.75, 3.05) is 6.54 Å². The molecule has 132 valence electrons. The summed E-state index contributed by atoms with van der Waals surface area (Å²) in [6.45, 7) is 5.87. The molecule has 0 atom stereocenters. The van der Waals surface area contributed by atoms with E-state index in [-0.39, 0.29) is 17.0 Å². The molecule has 24 heavy (non-hydrogen) atoms. The van der Waals surface area contributed by atoms with Crippen molar-refractivity contribution in [1.82, 2.24) is 15.2 Å². The Labute approximate surface area is 141 Å². The van der Waals surface area contributed by atoms with E-state index in [1.54, 1.807) is 19.3 Å². The van der Waals surface area contributed by atoms with Gasteiger partial charge in [-0.2, -0.15) is 0 Å². The van der Waals surface area contributed by atoms with Gasteiger partial charge in [-0.15, -0.1) is 0 Å². The highest BCUT2D eigenvalue weighted by molar-refractivity contribution is 5.93. The van der Waals surface area contributed by atoms with Gasteiger partial charge in [0.15, 0.2) is 0 Å². The lowest BCUT2D eigenvalue weighted by atomic mass is 10.1. The zero-order valence-electron chi connectivity index (χ0n) is 14.6. The molecule has 2 N–H and O–H groups in total. The second-order valence-corrected chi connectivity index (χ2v) is 7.28. The number of carbonyl (C=O) groups is 2. The predicted molar refractivity (Wildman–Crippen MR) is 90.0 cm³/mol. The van der Waals surface area contributed by atoms with Gasteiger partial charge in [0.1, 0.15) is 5.60 Å². The smallest absolute Gasteiger partial charge is 0.408 e. The van der Waals surface area contributed by atoms with Crippen molar-refractivity contribution in [2.24, 2.45) is 7.05 Å². The van der Waals surface area contributed by atoms with E-state index >= 15 is 0 Å². The van der Waals surface area contributed by atoms with Crippen LogP contribution in [0.3, 0.4) is 0 Å². The molecule has 1 saturated carbocycles. The summed E-state index contributed by atoms with van der Waals surface area (Å²) in [5, 5.41) is 5.67. The zero-order chi connectivity index (χ0) is 18.0. The van der Waals surface area contributed by atoms with E-state index in [1.807, 2.05) is 20.8 Å². The molecular weight excluding hydrogens is 310 g/mol. The molecule has 1 fully saturated rings. The number of alkyl carbamates (subject to hydrolysis) is 1. The zero-order valence-corrected chi connectivity index (χ0v) is 14.6. The third-order valence-electron chi connectivity index (χ3n) is 3.88. The van der Waals surface area contributed by atoms with E-state index in [1.165, 1.54) is 10.6 Å². The molecule has 0 aromatic carbocycles. The molecule has 1 heterocycles. The minimum Gasteiger partial charge on any atom is -0.444 e. The molecule has 0 radical (unpaired) electrons. The molecule has 1 aromatic heterocycles. The van der Waals surface area contributed by atoms with Crippen molar-refractivity contribution < 1.29 is 14.3 Å². The average molecular weight is 335 g/mol. The summed E-state index contributed by atoms with van der Waals surface area (Å²) in [6.07, 6.45) is 3.49. The number of rotatable bonds is 5. The fourth-order valence-corrected chi connectivity index (χ4v) is 2.32. The summed E-state index contributed by atoms with van der Waals surface area (Å²) in [6, 6.07) is 2.91. The third-order valence-corrected chi connectivity index (χ3v) is 3.88. The van der Waals surface area contributed by atoms with E-state index in [9.17, 15) is 14.4 Å². The second kappa shape index (κ2) is 6.67. The maximum absolute atomic E-state index is 12.1. The van der Waals surface area contributed by atoms with Crippen molar-refractivity contribution in [3.8, 4) is 0 Å². The van der Waals surface area contributed by atoms with Crippen LogP contribution < -0.4 is 16.2 Å². The fourth-order valence-electron chi connectivity index (χ4n) is 2.32. The monoisotopic (exact) mass is 335 g/mol. The quantitative estimate of drug-likeness (QED) is 0.854. The molecule has 2 rings (SSSR count). The van der Waals surface area contributed by atoms with Crippen molar-refractivity contribution >= 4 is 12.0 Å². The molecule has 1 aliphatic rings. The van der Waals surface area contributed by atoms with Crippen LogP contribution in [0.5, 0.6) is 0 Å². The average Bonchev–Trinajstić information content (AvgIpc) is 3.19. The van der Waals surface area contributed by atoms with Gasteiger partial charge in [0, 0.05) is 37.0 Å². The highest BCUT2D eigenvalue weighted by atomic mass is 16.6. The van der Waals surface area contributed by atoms with Crippen molar-refractivity contribution in [2.45, 2.75) is 51.2 Å². The molecule has 0 unspecified atom stereocenters. The minimum absolute atomic E-state index is 0.229. The lowest BCUT2D eigenvalue weighted by Crippen LogP contribution is -2.42. The maximum Gasteiger partial charge on any atom is 0.408 e. The Hall–Kier alpha value is -2.31. The van der Waals surface area contributed by atoms with Gasteiger partial charge < -0.3 is 19.9 Å². The maximum atomic E-state index is 12.1. The number of pyridine rings is 1. The molecule has 1 aromatic rings. The number of nitrogens with zero attached hydrogens (tertiary/aromatic N) is 1. The Balaban J connectivity index is 1.81. The van der Waals surface area contributed by atoms with Crippen LogP contribution in [0, 0.1) is 0 Å². The van der Waals surface area contributed by atoms with Crippen LogP contribution in [0.4, 0.5) is 4.79 Å². The Morgan fingerprint density at radius 3 is 2.54 bits per heavy atom. The summed E-state index contributed by atoms with van der Waals surface area (Å²) >= 11 is 0. The van der Waals surface area contributed by atoms with Gasteiger partial charge in [-0.05, 0) is 46.1 Å². The SMILES string of the molecule is Cn1ccc(C(=O)NCCC2(NC(=O)OC(C)(C)C)CC2)cc1=O. The number of amides is 2. The van der Waals surface area contributed by atoms with Crippen molar-refractivity contribution in [1.29, 1.82) is 0 Å². The Kier molecular flexibility index (Phi) is 5.01. The van der Waals surface area contributed by atoms with Crippen LogP contribution >= 0.6 is 0 Å². The van der Waals surface area contributed by atoms with E-state index in [0.29, 0.717) is 18.5 Å². The number of nitrogens with one attached hydrogen (secondary N) is 2. The van der Waals surface area contributed by atoms with Gasteiger partial charge in [0.05, 0.1) is 0 Å². The molecule has 0 saturated heterocycles. The van der Waals surface area contributed by atoms with Crippen LogP contribution in [0.1, 0.15) is 50.4 Å². The molecule has 0 aliphatic heterocycles. The summed E-state index contributed by atoms with van der Waals surface area (Å²) in [5.41, 5.74) is -0.716. The molecule has 0 spiro atoms. The van der Waals surface area contributed by atoms with Crippen LogP contribution in [0.15, 0.2) is 23.1 Å². The number of ether oxygens (including phenoxy) is 1. The van der Waals surface area contributed by atoms with Crippen molar-refractivity contribution in [3.05, 3.63) is 34.2 Å². The minimum atomic E-state index is -0.534. The number of hydrogen-bond acceptors (Lipinski definition) is 4. The first kappa shape index (κ1) is 18.0. The first-order chi connectivity index (χ1) is 11.1. The Morgan fingerprint density at radius 1 is 1.33 bits per heavy atom. The standard InChI is InChI=1S/C17H25N3O4/c1-16(2,3)24-15(23)19-17(6-7-17)8-9-18-14(22)12-5-10-20(4)13(21)11-12/h5,10-11H,6-9H2,1-4H3,(H,18,22)(H,19,23). The van der Waals surface area contributed by atoms with Crippen LogP contribution in [-0.4, -0.2) is 34.3 Å². The molecule has 2 amide bonds. The first-order valence-electron chi connectivity index (χ1n) is 8.06. The largest absolute Gasteiger partial charge is 0.444 e. The Morgan fingerprint density at radius 2 is 2.00 bits per heavy atom. The van der Waals surface area contributed by atoms with Crippen LogP contribution in [-0.2, 0) is 11.8 Å². The summed E-state index contributed by atoms with van der Waals surface area (Å²) in [7, 11) is 1.63. The fraction of sp³-hybridized carbons (Fsp3) is 0.588. The number of carbonyl (C=O) groups excluding carboxylic acids is 2. The first-order valence-corrected chi connectivity index (χ1v) is 8.06. The van der Waals surface area contributed by atoms with E-state index in [0.717, 1.165) is 12.8 Å². The van der Waals surface area contributed by atoms with Crippen LogP contribution in [0.2, 0.25) is 0 Å². The molecule has 0 bridgehead atoms. The summed E-state index contributed by atoms with van der Waals surface area (Å²) in [4.78, 5) is 35.4.